The summed E-state index contributed by atoms with van der Waals surface area (Å²) in [5, 5.41) is 0. The smallest absolute Gasteiger partial charge is 0.338 e. The van der Waals surface area contributed by atoms with Gasteiger partial charge in [-0.3, -0.25) is 14.4 Å². The maximum Gasteiger partial charge on any atom is 0.338 e. The molecule has 1 saturated carbocycles. The van der Waals surface area contributed by atoms with Gasteiger partial charge in [-0.2, -0.15) is 0 Å². The summed E-state index contributed by atoms with van der Waals surface area (Å²) >= 11 is 0. The van der Waals surface area contributed by atoms with E-state index in [0.717, 1.165) is 6.42 Å². The van der Waals surface area contributed by atoms with Gasteiger partial charge in [0.25, 0.3) is 0 Å². The number of carbonyl (C=O) groups is 4. The number of imide groups is 1. The van der Waals surface area contributed by atoms with Crippen LogP contribution in [0.2, 0.25) is 0 Å². The van der Waals surface area contributed by atoms with E-state index < -0.39 is 12.1 Å². The zero-order valence-electron chi connectivity index (χ0n) is 16.9. The largest absolute Gasteiger partial charge is 0.451 e. The molecule has 31 heavy (non-hydrogen) atoms. The number of nitrogens with zero attached hydrogens (tertiary/aromatic N) is 1. The fraction of sp³-hybridized carbons (Fsp3) is 0.280. The molecule has 0 radical (unpaired) electrons. The van der Waals surface area contributed by atoms with E-state index in [4.69, 9.17) is 4.74 Å². The fourth-order valence-corrected chi connectivity index (χ4v) is 5.05. The molecule has 2 aromatic carbocycles. The minimum Gasteiger partial charge on any atom is -0.451 e. The van der Waals surface area contributed by atoms with E-state index in [1.54, 1.807) is 48.5 Å². The predicted octanol–water partition coefficient (Wildman–Crippen LogP) is 3.43. The monoisotopic (exact) mass is 415 g/mol. The van der Waals surface area contributed by atoms with Crippen molar-refractivity contribution in [3.8, 4) is 0 Å². The normalized spacial score (nSPS) is 26.8. The quantitative estimate of drug-likeness (QED) is 0.324. The molecule has 1 aliphatic heterocycles. The van der Waals surface area contributed by atoms with E-state index in [1.807, 2.05) is 12.2 Å². The summed E-state index contributed by atoms with van der Waals surface area (Å²) in [6.07, 6.45) is 3.98. The van der Waals surface area contributed by atoms with Crippen LogP contribution in [0.25, 0.3) is 0 Å². The van der Waals surface area contributed by atoms with Crippen molar-refractivity contribution in [3.63, 3.8) is 0 Å². The minimum absolute atomic E-state index is 0.120. The number of ketones is 1. The number of allylic oxidation sites excluding steroid dienone is 2. The predicted molar refractivity (Wildman–Crippen MR) is 112 cm³/mol. The summed E-state index contributed by atoms with van der Waals surface area (Å²) in [7, 11) is 0. The third-order valence-corrected chi connectivity index (χ3v) is 6.52. The van der Waals surface area contributed by atoms with Gasteiger partial charge < -0.3 is 4.74 Å². The second kappa shape index (κ2) is 7.30. The van der Waals surface area contributed by atoms with Crippen LogP contribution in [0.5, 0.6) is 0 Å². The maximum atomic E-state index is 13.0. The first kappa shape index (κ1) is 19.4. The Bertz CT molecular complexity index is 1090. The highest BCUT2D eigenvalue weighted by atomic mass is 16.5. The van der Waals surface area contributed by atoms with E-state index in [-0.39, 0.29) is 46.8 Å². The number of Topliss-reactive ketones (excluding diaryl/α,β-unsaturated/α-hetero) is 1. The van der Waals surface area contributed by atoms with Gasteiger partial charge in [0.1, 0.15) is 0 Å². The third kappa shape index (κ3) is 3.10. The van der Waals surface area contributed by atoms with Crippen molar-refractivity contribution in [1.82, 2.24) is 0 Å². The van der Waals surface area contributed by atoms with Crippen molar-refractivity contribution in [2.45, 2.75) is 19.4 Å². The molecule has 5 atom stereocenters. The number of carbonyl (C=O) groups excluding carboxylic acids is 4. The average molecular weight is 415 g/mol. The Morgan fingerprint density at radius 2 is 1.52 bits per heavy atom. The van der Waals surface area contributed by atoms with Crippen LogP contribution < -0.4 is 4.90 Å². The molecule has 0 unspecified atom stereocenters. The molecule has 5 rings (SSSR count). The lowest BCUT2D eigenvalue weighted by Gasteiger charge is -2.18. The lowest BCUT2D eigenvalue weighted by atomic mass is 9.85. The highest BCUT2D eigenvalue weighted by Gasteiger charge is 2.59. The summed E-state index contributed by atoms with van der Waals surface area (Å²) in [5.74, 6) is -1.76. The van der Waals surface area contributed by atoms with Crippen molar-refractivity contribution >= 4 is 29.3 Å². The van der Waals surface area contributed by atoms with Gasteiger partial charge in [0.2, 0.25) is 17.6 Å². The summed E-state index contributed by atoms with van der Waals surface area (Å²) in [6, 6.07) is 14.9. The average Bonchev–Trinajstić information content (AvgIpc) is 3.47. The number of anilines is 1. The van der Waals surface area contributed by atoms with E-state index >= 15 is 0 Å². The number of esters is 1. The number of fused-ring (bicyclic) bond motifs is 5. The Morgan fingerprint density at radius 3 is 2.16 bits per heavy atom. The van der Waals surface area contributed by atoms with Crippen molar-refractivity contribution in [1.29, 1.82) is 0 Å². The maximum absolute atomic E-state index is 13.0. The molecule has 1 heterocycles. The molecule has 1 saturated heterocycles. The topological polar surface area (TPSA) is 80.8 Å². The van der Waals surface area contributed by atoms with Gasteiger partial charge in [-0.1, -0.05) is 48.6 Å². The molecule has 2 aliphatic carbocycles. The van der Waals surface area contributed by atoms with Crippen LogP contribution >= 0.6 is 0 Å². The molecule has 2 bridgehead atoms. The van der Waals surface area contributed by atoms with Crippen LogP contribution in [0.1, 0.15) is 34.1 Å². The Morgan fingerprint density at radius 1 is 0.903 bits per heavy atom. The highest BCUT2D eigenvalue weighted by Crippen LogP contribution is 2.53. The van der Waals surface area contributed by atoms with Gasteiger partial charge in [-0.15, -0.1) is 0 Å². The molecule has 0 spiro atoms. The van der Waals surface area contributed by atoms with Crippen LogP contribution in [-0.2, 0) is 14.3 Å². The number of hydrogen-bond acceptors (Lipinski definition) is 5. The molecule has 6 nitrogen and oxygen atoms in total. The second-order valence-corrected chi connectivity index (χ2v) is 8.34. The van der Waals surface area contributed by atoms with Crippen molar-refractivity contribution in [2.24, 2.45) is 23.7 Å². The second-order valence-electron chi connectivity index (χ2n) is 8.34. The van der Waals surface area contributed by atoms with Gasteiger partial charge in [0, 0.05) is 5.56 Å². The molecule has 0 aromatic heterocycles. The van der Waals surface area contributed by atoms with Crippen LogP contribution in [-0.4, -0.2) is 29.7 Å². The van der Waals surface area contributed by atoms with Crippen LogP contribution in [0.4, 0.5) is 5.69 Å². The summed E-state index contributed by atoms with van der Waals surface area (Å²) in [6.45, 7) is 1.52. The van der Waals surface area contributed by atoms with Crippen molar-refractivity contribution < 1.29 is 23.9 Å². The number of rotatable bonds is 5. The summed E-state index contributed by atoms with van der Waals surface area (Å²) in [5.41, 5.74) is 1.00. The van der Waals surface area contributed by atoms with E-state index in [0.29, 0.717) is 11.3 Å². The van der Waals surface area contributed by atoms with Crippen molar-refractivity contribution in [3.05, 3.63) is 77.9 Å². The van der Waals surface area contributed by atoms with Gasteiger partial charge in [0.15, 0.2) is 6.10 Å². The number of benzene rings is 2. The van der Waals surface area contributed by atoms with Crippen LogP contribution in [0.15, 0.2) is 66.7 Å². The van der Waals surface area contributed by atoms with Crippen LogP contribution in [0.3, 0.4) is 0 Å². The highest BCUT2D eigenvalue weighted by molar-refractivity contribution is 6.23. The lowest BCUT2D eigenvalue weighted by molar-refractivity contribution is -0.123. The van der Waals surface area contributed by atoms with Gasteiger partial charge >= 0.3 is 5.97 Å². The molecule has 2 fully saturated rings. The Kier molecular flexibility index (Phi) is 4.58. The van der Waals surface area contributed by atoms with E-state index in [2.05, 4.69) is 0 Å². The SMILES string of the molecule is C[C@@H](OC(=O)c1cccc(N2C(=O)[C@@H]3[C@H](C2=O)[C@H]2C=C[C@@H]3C2)c1)C(=O)c1ccccc1. The first-order chi connectivity index (χ1) is 15.0. The zero-order valence-corrected chi connectivity index (χ0v) is 16.9. The van der Waals surface area contributed by atoms with Crippen molar-refractivity contribution in [2.75, 3.05) is 4.90 Å². The Hall–Kier alpha value is -3.54. The van der Waals surface area contributed by atoms with Gasteiger partial charge in [-0.05, 0) is 43.4 Å². The zero-order chi connectivity index (χ0) is 21.7. The molecule has 0 N–H and O–H groups in total. The van der Waals surface area contributed by atoms with E-state index in [9.17, 15) is 19.2 Å². The van der Waals surface area contributed by atoms with Gasteiger partial charge in [0.05, 0.1) is 23.1 Å². The molecule has 2 amide bonds. The summed E-state index contributed by atoms with van der Waals surface area (Å²) in [4.78, 5) is 52.3. The fourth-order valence-electron chi connectivity index (χ4n) is 5.05. The number of ether oxygens (including phenoxy) is 1. The standard InChI is InChI=1S/C25H21NO5/c1-14(22(27)15-6-3-2-4-7-15)31-25(30)18-8-5-9-19(13-18)26-23(28)20-16-10-11-17(12-16)21(20)24(26)29/h2-11,13-14,16-17,20-21H,12H2,1H3/t14-,16-,17+,20+,21-/m1/s1. The molecular weight excluding hydrogens is 394 g/mol. The van der Waals surface area contributed by atoms with Gasteiger partial charge in [-0.25, -0.2) is 9.69 Å². The lowest BCUT2D eigenvalue weighted by Crippen LogP contribution is -2.33. The minimum atomic E-state index is -0.963. The molecule has 6 heteroatoms. The first-order valence-electron chi connectivity index (χ1n) is 10.4. The van der Waals surface area contributed by atoms with Crippen LogP contribution in [0, 0.1) is 23.7 Å². The number of amides is 2. The Balaban J connectivity index is 1.34. The number of hydrogen-bond donors (Lipinski definition) is 0. The molecule has 156 valence electrons. The third-order valence-electron chi connectivity index (χ3n) is 6.52. The first-order valence-corrected chi connectivity index (χ1v) is 10.4. The Labute approximate surface area is 179 Å². The van der Waals surface area contributed by atoms with E-state index in [1.165, 1.54) is 17.9 Å². The molecule has 3 aliphatic rings. The molecule has 2 aromatic rings. The summed E-state index contributed by atoms with van der Waals surface area (Å²) < 4.78 is 5.36. The molecular formula is C25H21NO5.